The van der Waals surface area contributed by atoms with Gasteiger partial charge >= 0.3 is 0 Å². The van der Waals surface area contributed by atoms with E-state index in [2.05, 4.69) is 10.3 Å². The highest BCUT2D eigenvalue weighted by Gasteiger charge is 2.28. The summed E-state index contributed by atoms with van der Waals surface area (Å²) in [5, 5.41) is 3.64. The Kier molecular flexibility index (Phi) is 4.52. The Morgan fingerprint density at radius 2 is 2.09 bits per heavy atom. The van der Waals surface area contributed by atoms with E-state index in [0.717, 1.165) is 16.4 Å². The third kappa shape index (κ3) is 3.32. The average Bonchev–Trinajstić information content (AvgIpc) is 2.94. The topological polar surface area (TPSA) is 64.0 Å². The smallest absolute Gasteiger partial charge is 0.257 e. The lowest BCUT2D eigenvalue weighted by Gasteiger charge is -2.14. The predicted molar refractivity (Wildman–Crippen MR) is 90.6 cm³/mol. The first-order chi connectivity index (χ1) is 11.1. The van der Waals surface area contributed by atoms with Crippen molar-refractivity contribution in [1.29, 1.82) is 0 Å². The maximum Gasteiger partial charge on any atom is 0.257 e. The second-order valence-electron chi connectivity index (χ2n) is 5.71. The van der Waals surface area contributed by atoms with Crippen molar-refractivity contribution in [2.75, 3.05) is 5.75 Å². The molecule has 1 unspecified atom stereocenters. The Balaban J connectivity index is 1.68. The minimum Gasteiger partial charge on any atom is -0.352 e. The van der Waals surface area contributed by atoms with Gasteiger partial charge in [0.1, 0.15) is 0 Å². The Labute approximate surface area is 139 Å². The summed E-state index contributed by atoms with van der Waals surface area (Å²) in [5.74, 6) is 0.668. The SMILES string of the molecule is Cc1nc2n(c(=O)c1C)C(CC(=O)NCc1ccccc1)CS2. The summed E-state index contributed by atoms with van der Waals surface area (Å²) >= 11 is 1.54. The van der Waals surface area contributed by atoms with Gasteiger partial charge in [0.2, 0.25) is 5.91 Å². The standard InChI is InChI=1S/C17H19N3O2S/c1-11-12(2)19-17-20(16(11)22)14(10-23-17)8-15(21)18-9-13-6-4-3-5-7-13/h3-7,14H,8-10H2,1-2H3,(H,18,21). The molecule has 2 aromatic rings. The lowest BCUT2D eigenvalue weighted by molar-refractivity contribution is -0.121. The van der Waals surface area contributed by atoms with Gasteiger partial charge in [0.05, 0.1) is 6.04 Å². The van der Waals surface area contributed by atoms with Crippen LogP contribution in [0.25, 0.3) is 0 Å². The fourth-order valence-corrected chi connectivity index (χ4v) is 3.79. The van der Waals surface area contributed by atoms with Gasteiger partial charge < -0.3 is 5.32 Å². The van der Waals surface area contributed by atoms with Crippen LogP contribution < -0.4 is 10.9 Å². The number of carbonyl (C=O) groups is 1. The first-order valence-corrected chi connectivity index (χ1v) is 8.58. The van der Waals surface area contributed by atoms with Crippen molar-refractivity contribution >= 4 is 17.7 Å². The van der Waals surface area contributed by atoms with Crippen LogP contribution >= 0.6 is 11.8 Å². The Hall–Kier alpha value is -2.08. The van der Waals surface area contributed by atoms with Crippen molar-refractivity contribution in [2.45, 2.75) is 38.0 Å². The Morgan fingerprint density at radius 1 is 1.35 bits per heavy atom. The van der Waals surface area contributed by atoms with Crippen LogP contribution in [-0.2, 0) is 11.3 Å². The van der Waals surface area contributed by atoms with Crippen LogP contribution in [-0.4, -0.2) is 21.2 Å². The van der Waals surface area contributed by atoms with Crippen molar-refractivity contribution < 1.29 is 4.79 Å². The van der Waals surface area contributed by atoms with Gasteiger partial charge in [0.25, 0.3) is 5.56 Å². The van der Waals surface area contributed by atoms with Crippen molar-refractivity contribution in [3.63, 3.8) is 0 Å². The van der Waals surface area contributed by atoms with E-state index < -0.39 is 0 Å². The number of nitrogens with zero attached hydrogens (tertiary/aromatic N) is 2. The second kappa shape index (κ2) is 6.58. The molecule has 1 aromatic heterocycles. The molecule has 0 radical (unpaired) electrons. The molecule has 1 N–H and O–H groups in total. The van der Waals surface area contributed by atoms with Gasteiger partial charge in [0, 0.05) is 30.0 Å². The van der Waals surface area contributed by atoms with E-state index in [1.54, 1.807) is 23.3 Å². The number of fused-ring (bicyclic) bond motifs is 1. The van der Waals surface area contributed by atoms with Gasteiger partial charge in [-0.15, -0.1) is 0 Å². The molecule has 1 amide bonds. The van der Waals surface area contributed by atoms with Gasteiger partial charge in [-0.05, 0) is 19.4 Å². The quantitative estimate of drug-likeness (QED) is 0.874. The van der Waals surface area contributed by atoms with Crippen LogP contribution in [0.4, 0.5) is 0 Å². The number of rotatable bonds is 4. The van der Waals surface area contributed by atoms with E-state index in [1.165, 1.54) is 0 Å². The molecule has 0 spiro atoms. The molecule has 1 atom stereocenters. The maximum absolute atomic E-state index is 12.4. The molecule has 3 rings (SSSR count). The summed E-state index contributed by atoms with van der Waals surface area (Å²) in [6.45, 7) is 4.14. The van der Waals surface area contributed by atoms with Gasteiger partial charge in [-0.25, -0.2) is 4.98 Å². The molecule has 5 nitrogen and oxygen atoms in total. The van der Waals surface area contributed by atoms with E-state index in [9.17, 15) is 9.59 Å². The monoisotopic (exact) mass is 329 g/mol. The van der Waals surface area contributed by atoms with Crippen LogP contribution in [0.3, 0.4) is 0 Å². The summed E-state index contributed by atoms with van der Waals surface area (Å²) in [6, 6.07) is 9.67. The zero-order valence-electron chi connectivity index (χ0n) is 13.2. The molecule has 23 heavy (non-hydrogen) atoms. The number of hydrogen-bond donors (Lipinski definition) is 1. The molecule has 0 bridgehead atoms. The molecule has 0 saturated carbocycles. The number of benzene rings is 1. The molecule has 2 heterocycles. The molecular formula is C17H19N3O2S. The van der Waals surface area contributed by atoms with Crippen molar-refractivity contribution in [3.8, 4) is 0 Å². The van der Waals surface area contributed by atoms with Crippen LogP contribution in [0.1, 0.15) is 29.3 Å². The summed E-state index contributed by atoms with van der Waals surface area (Å²) < 4.78 is 1.68. The first-order valence-electron chi connectivity index (χ1n) is 7.59. The van der Waals surface area contributed by atoms with Crippen LogP contribution in [0, 0.1) is 13.8 Å². The minimum absolute atomic E-state index is 0.0293. The first kappa shape index (κ1) is 15.8. The summed E-state index contributed by atoms with van der Waals surface area (Å²) in [7, 11) is 0. The highest BCUT2D eigenvalue weighted by atomic mass is 32.2. The molecule has 1 aliphatic rings. The van der Waals surface area contributed by atoms with E-state index >= 15 is 0 Å². The number of aryl methyl sites for hydroxylation is 1. The van der Waals surface area contributed by atoms with Crippen LogP contribution in [0.15, 0.2) is 40.3 Å². The number of thioether (sulfide) groups is 1. The average molecular weight is 329 g/mol. The van der Waals surface area contributed by atoms with Gasteiger partial charge in [0.15, 0.2) is 5.16 Å². The molecule has 0 fully saturated rings. The molecule has 1 aliphatic heterocycles. The van der Waals surface area contributed by atoms with Gasteiger partial charge in [-0.1, -0.05) is 42.1 Å². The fourth-order valence-electron chi connectivity index (χ4n) is 2.61. The van der Waals surface area contributed by atoms with Gasteiger partial charge in [-0.3, -0.25) is 14.2 Å². The number of hydrogen-bond acceptors (Lipinski definition) is 4. The number of nitrogens with one attached hydrogen (secondary N) is 1. The minimum atomic E-state index is -0.120. The zero-order chi connectivity index (χ0) is 16.4. The zero-order valence-corrected chi connectivity index (χ0v) is 14.0. The highest BCUT2D eigenvalue weighted by molar-refractivity contribution is 7.99. The second-order valence-corrected chi connectivity index (χ2v) is 6.70. The predicted octanol–water partition coefficient (Wildman–Crippen LogP) is 2.21. The lowest BCUT2D eigenvalue weighted by Crippen LogP contribution is -2.31. The largest absolute Gasteiger partial charge is 0.352 e. The van der Waals surface area contributed by atoms with Crippen LogP contribution in [0.2, 0.25) is 0 Å². The third-order valence-electron chi connectivity index (χ3n) is 4.08. The summed E-state index contributed by atoms with van der Waals surface area (Å²) in [6.07, 6.45) is 0.303. The van der Waals surface area contributed by atoms with E-state index in [-0.39, 0.29) is 17.5 Å². The van der Waals surface area contributed by atoms with Crippen molar-refractivity contribution in [1.82, 2.24) is 14.9 Å². The molecule has 120 valence electrons. The number of amides is 1. The normalized spacial score (nSPS) is 16.2. The lowest BCUT2D eigenvalue weighted by atomic mass is 10.2. The van der Waals surface area contributed by atoms with Gasteiger partial charge in [-0.2, -0.15) is 0 Å². The summed E-state index contributed by atoms with van der Waals surface area (Å²) in [4.78, 5) is 29.1. The maximum atomic E-state index is 12.4. The Bertz CT molecular complexity index is 786. The highest BCUT2D eigenvalue weighted by Crippen LogP contribution is 2.32. The van der Waals surface area contributed by atoms with E-state index in [1.807, 2.05) is 37.3 Å². The van der Waals surface area contributed by atoms with Crippen molar-refractivity contribution in [2.24, 2.45) is 0 Å². The van der Waals surface area contributed by atoms with E-state index in [0.29, 0.717) is 24.3 Å². The van der Waals surface area contributed by atoms with E-state index in [4.69, 9.17) is 0 Å². The molecule has 0 aliphatic carbocycles. The molecule has 6 heteroatoms. The molecule has 0 saturated heterocycles. The number of aromatic nitrogens is 2. The third-order valence-corrected chi connectivity index (χ3v) is 5.17. The number of carbonyl (C=O) groups excluding carboxylic acids is 1. The fraction of sp³-hybridized carbons (Fsp3) is 0.353. The van der Waals surface area contributed by atoms with Crippen LogP contribution in [0.5, 0.6) is 0 Å². The summed E-state index contributed by atoms with van der Waals surface area (Å²) in [5.41, 5.74) is 2.46. The molecular weight excluding hydrogens is 310 g/mol. The Morgan fingerprint density at radius 3 is 2.83 bits per heavy atom. The molecule has 1 aromatic carbocycles. The van der Waals surface area contributed by atoms with Crippen molar-refractivity contribution in [3.05, 3.63) is 57.5 Å².